The Morgan fingerprint density at radius 2 is 0.851 bits per heavy atom. The molecule has 0 amide bonds. The number of carboxylic acid groups (broad SMARTS) is 2. The van der Waals surface area contributed by atoms with Crippen LogP contribution in [0.2, 0.25) is 0 Å². The van der Waals surface area contributed by atoms with Gasteiger partial charge < -0.3 is 20.4 Å². The molecule has 0 spiro atoms. The Morgan fingerprint density at radius 1 is 0.532 bits per heavy atom. The summed E-state index contributed by atoms with van der Waals surface area (Å²) in [6, 6.07) is 8.44. The van der Waals surface area contributed by atoms with Gasteiger partial charge in [-0.15, -0.1) is 0 Å². The van der Waals surface area contributed by atoms with Gasteiger partial charge in [0.25, 0.3) is 0 Å². The Kier molecular flexibility index (Phi) is 13.2. The van der Waals surface area contributed by atoms with Gasteiger partial charge in [-0.25, -0.2) is 10.0 Å². The molecular weight excluding hydrogens is 609 g/mol. The van der Waals surface area contributed by atoms with Gasteiger partial charge in [0.15, 0.2) is 0 Å². The maximum absolute atomic E-state index is 11.8. The van der Waals surface area contributed by atoms with Crippen molar-refractivity contribution in [1.29, 1.82) is 0 Å². The van der Waals surface area contributed by atoms with Gasteiger partial charge in [-0.2, -0.15) is 0 Å². The van der Waals surface area contributed by atoms with E-state index >= 15 is 0 Å². The summed E-state index contributed by atoms with van der Waals surface area (Å²) in [4.78, 5) is 23.6. The molecule has 7 heteroatoms. The Balaban J connectivity index is 2.46. The molecule has 2 aromatic rings. The van der Waals surface area contributed by atoms with Crippen LogP contribution in [-0.4, -0.2) is 55.4 Å². The van der Waals surface area contributed by atoms with E-state index in [0.29, 0.717) is 35.8 Å². The number of carboxylic acids is 2. The van der Waals surface area contributed by atoms with Gasteiger partial charge >= 0.3 is 11.9 Å². The number of phenols is 2. The van der Waals surface area contributed by atoms with Crippen molar-refractivity contribution in [3.63, 3.8) is 0 Å². The molecule has 0 radical (unpaired) electrons. The summed E-state index contributed by atoms with van der Waals surface area (Å²) in [7, 11) is -1.63. The third kappa shape index (κ3) is 11.8. The molecule has 0 aliphatic rings. The maximum Gasteiger partial charge on any atom is 0.304 e. The van der Waals surface area contributed by atoms with Crippen molar-refractivity contribution in [2.75, 3.05) is 23.0 Å². The van der Waals surface area contributed by atoms with Gasteiger partial charge in [0.1, 0.15) is 11.5 Å². The Labute approximate surface area is 286 Å². The minimum absolute atomic E-state index is 0.00676. The first-order valence-corrected chi connectivity index (χ1v) is 19.5. The fourth-order valence-electron chi connectivity index (χ4n) is 6.14. The number of carbonyl (C=O) groups is 2. The van der Waals surface area contributed by atoms with Gasteiger partial charge in [0, 0.05) is 0 Å². The molecule has 0 aliphatic heterocycles. The molecular formula is C40H64O6S. The van der Waals surface area contributed by atoms with Crippen LogP contribution in [0.3, 0.4) is 0 Å². The fourth-order valence-corrected chi connectivity index (χ4v) is 10.1. The largest absolute Gasteiger partial charge is 0.507 e. The summed E-state index contributed by atoms with van der Waals surface area (Å²) in [5.41, 5.74) is 5.30. The summed E-state index contributed by atoms with van der Waals surface area (Å²) < 4.78 is 0. The number of aryl methyl sites for hydroxylation is 2. The Hall–Kier alpha value is -2.67. The summed E-state index contributed by atoms with van der Waals surface area (Å²) in [6.45, 7) is 25.6. The summed E-state index contributed by atoms with van der Waals surface area (Å²) in [5.74, 6) is 1.33. The topological polar surface area (TPSA) is 115 Å². The molecule has 0 aromatic heterocycles. The molecule has 0 heterocycles. The van der Waals surface area contributed by atoms with Crippen molar-refractivity contribution in [1.82, 2.24) is 0 Å². The average Bonchev–Trinajstić information content (AvgIpc) is 2.89. The molecule has 0 fully saturated rings. The van der Waals surface area contributed by atoms with Crippen LogP contribution >= 0.6 is 10.0 Å². The van der Waals surface area contributed by atoms with Crippen molar-refractivity contribution in [3.05, 3.63) is 57.6 Å². The first-order valence-electron chi connectivity index (χ1n) is 17.2. The minimum atomic E-state index is -1.63. The van der Waals surface area contributed by atoms with Crippen LogP contribution < -0.4 is 0 Å². The van der Waals surface area contributed by atoms with Crippen LogP contribution in [-0.2, 0) is 44.1 Å². The van der Waals surface area contributed by atoms with Gasteiger partial charge in [-0.1, -0.05) is 107 Å². The monoisotopic (exact) mass is 672 g/mol. The highest BCUT2D eigenvalue weighted by atomic mass is 32.3. The third-order valence-corrected chi connectivity index (χ3v) is 13.7. The lowest BCUT2D eigenvalue weighted by Gasteiger charge is -2.40. The van der Waals surface area contributed by atoms with Crippen molar-refractivity contribution < 1.29 is 30.0 Å². The van der Waals surface area contributed by atoms with Crippen LogP contribution in [0.5, 0.6) is 11.5 Å². The van der Waals surface area contributed by atoms with Gasteiger partial charge in [0.2, 0.25) is 0 Å². The average molecular weight is 673 g/mol. The normalized spacial score (nSPS) is 13.5. The van der Waals surface area contributed by atoms with E-state index in [9.17, 15) is 30.0 Å². The van der Waals surface area contributed by atoms with E-state index in [1.165, 1.54) is 0 Å². The summed E-state index contributed by atoms with van der Waals surface area (Å²) in [6.07, 6.45) is 2.75. The number of benzene rings is 2. The molecule has 0 saturated carbocycles. The van der Waals surface area contributed by atoms with E-state index in [0.717, 1.165) is 57.7 Å². The predicted octanol–water partition coefficient (Wildman–Crippen LogP) is 9.61. The zero-order valence-corrected chi connectivity index (χ0v) is 32.2. The SMILES string of the molecule is CC(C)(C)c1cc(CCCS(CCCc2cc(C(C)(C)C)cc(C(C)(C)C)c2O)(CCC(=O)O)CCC(=O)O)c(O)c(C(C)(C)C)c1. The third-order valence-electron chi connectivity index (χ3n) is 9.27. The molecule has 266 valence electrons. The van der Waals surface area contributed by atoms with E-state index < -0.39 is 22.0 Å². The van der Waals surface area contributed by atoms with Crippen LogP contribution in [0, 0.1) is 0 Å². The summed E-state index contributed by atoms with van der Waals surface area (Å²) in [5, 5.41) is 42.1. The minimum Gasteiger partial charge on any atom is -0.507 e. The predicted molar refractivity (Wildman–Crippen MR) is 199 cm³/mol. The van der Waals surface area contributed by atoms with E-state index in [1.807, 2.05) is 0 Å². The Morgan fingerprint density at radius 3 is 1.11 bits per heavy atom. The molecule has 0 bridgehead atoms. The maximum atomic E-state index is 11.8. The lowest BCUT2D eigenvalue weighted by molar-refractivity contribution is -0.137. The smallest absolute Gasteiger partial charge is 0.304 e. The second-order valence-electron chi connectivity index (χ2n) is 17.6. The lowest BCUT2D eigenvalue weighted by Crippen LogP contribution is -2.22. The van der Waals surface area contributed by atoms with Crippen LogP contribution in [0.25, 0.3) is 0 Å². The van der Waals surface area contributed by atoms with Gasteiger partial charge in [0.05, 0.1) is 12.8 Å². The van der Waals surface area contributed by atoms with E-state index in [1.54, 1.807) is 0 Å². The molecule has 0 unspecified atom stereocenters. The van der Waals surface area contributed by atoms with Crippen LogP contribution in [0.15, 0.2) is 24.3 Å². The number of rotatable bonds is 14. The van der Waals surface area contributed by atoms with Crippen molar-refractivity contribution >= 4 is 22.0 Å². The molecule has 0 aliphatic carbocycles. The highest BCUT2D eigenvalue weighted by molar-refractivity contribution is 8.33. The highest BCUT2D eigenvalue weighted by Gasteiger charge is 2.29. The van der Waals surface area contributed by atoms with E-state index in [-0.39, 0.29) is 34.5 Å². The molecule has 0 atom stereocenters. The number of aromatic hydroxyl groups is 2. The van der Waals surface area contributed by atoms with Gasteiger partial charge in [-0.3, -0.25) is 9.59 Å². The summed E-state index contributed by atoms with van der Waals surface area (Å²) >= 11 is 0. The quantitative estimate of drug-likeness (QED) is 0.159. The molecule has 0 saturated heterocycles. The lowest BCUT2D eigenvalue weighted by atomic mass is 9.78. The first-order chi connectivity index (χ1) is 21.3. The van der Waals surface area contributed by atoms with Crippen molar-refractivity contribution in [3.8, 4) is 11.5 Å². The standard InChI is InChI=1S/C40H64O6S/c1-37(2,3)29-23-27(35(45)31(25-29)39(7,8)9)15-13-19-47(21-17-33(41)42,22-18-34(43)44)20-14-16-28-24-30(38(4,5)6)26-32(36(28)46)40(10,11)12/h23-26,45-46H,13-22H2,1-12H3,(H,41,42)(H,43,44). The first kappa shape index (κ1) is 40.5. The molecule has 6 nitrogen and oxygen atoms in total. The molecule has 4 N–H and O–H groups in total. The number of aliphatic carboxylic acids is 2. The van der Waals surface area contributed by atoms with Crippen molar-refractivity contribution in [2.24, 2.45) is 0 Å². The number of hydrogen-bond donors (Lipinski definition) is 4. The molecule has 47 heavy (non-hydrogen) atoms. The number of phenolic OH excluding ortho intramolecular Hbond substituents is 2. The van der Waals surface area contributed by atoms with Crippen LogP contribution in [0.1, 0.15) is 142 Å². The molecule has 2 rings (SSSR count). The Bertz CT molecular complexity index is 1290. The van der Waals surface area contributed by atoms with Crippen molar-refractivity contribution in [2.45, 2.75) is 143 Å². The highest BCUT2D eigenvalue weighted by Crippen LogP contribution is 2.51. The molecule has 2 aromatic carbocycles. The number of hydrogen-bond acceptors (Lipinski definition) is 4. The fraction of sp³-hybridized carbons (Fsp3) is 0.650. The second-order valence-corrected chi connectivity index (χ2v) is 21.7. The van der Waals surface area contributed by atoms with E-state index in [4.69, 9.17) is 0 Å². The van der Waals surface area contributed by atoms with Crippen LogP contribution in [0.4, 0.5) is 0 Å². The second kappa shape index (κ2) is 15.3. The zero-order valence-electron chi connectivity index (χ0n) is 31.4. The zero-order chi connectivity index (χ0) is 36.2. The van der Waals surface area contributed by atoms with E-state index in [2.05, 4.69) is 107 Å². The van der Waals surface area contributed by atoms with Gasteiger partial charge in [-0.05, 0) is 104 Å².